The summed E-state index contributed by atoms with van der Waals surface area (Å²) in [6.07, 6.45) is 4.86. The minimum Gasteiger partial charge on any atom is -0.391 e. The molecule has 0 aromatic carbocycles. The van der Waals surface area contributed by atoms with Crippen molar-refractivity contribution in [2.45, 2.75) is 25.0 Å². The molecule has 6 heteroatoms. The van der Waals surface area contributed by atoms with E-state index in [-0.39, 0.29) is 17.6 Å². The molecule has 1 N–H and O–H groups in total. The van der Waals surface area contributed by atoms with Crippen LogP contribution in [0.2, 0.25) is 5.02 Å². The second kappa shape index (κ2) is 4.33. The molecule has 1 aromatic heterocycles. The first-order chi connectivity index (χ1) is 8.65. The smallest absolute Gasteiger partial charge is 0.225 e. The van der Waals surface area contributed by atoms with Gasteiger partial charge in [0.25, 0.3) is 0 Å². The number of hydrogen-bond donors (Lipinski definition) is 1. The van der Waals surface area contributed by atoms with Gasteiger partial charge in [0.15, 0.2) is 0 Å². The lowest BCUT2D eigenvalue weighted by atomic mass is 9.90. The van der Waals surface area contributed by atoms with Crippen LogP contribution in [-0.2, 0) is 4.74 Å². The van der Waals surface area contributed by atoms with E-state index in [1.165, 1.54) is 0 Å². The summed E-state index contributed by atoms with van der Waals surface area (Å²) in [4.78, 5) is 10.4. The lowest BCUT2D eigenvalue weighted by molar-refractivity contribution is 0.0313. The van der Waals surface area contributed by atoms with Gasteiger partial charge in [0.1, 0.15) is 0 Å². The summed E-state index contributed by atoms with van der Waals surface area (Å²) in [7, 11) is 1.71. The number of ether oxygens (including phenoxy) is 1. The predicted octanol–water partition coefficient (Wildman–Crippen LogP) is 1.11. The van der Waals surface area contributed by atoms with Gasteiger partial charge in [-0.3, -0.25) is 0 Å². The Labute approximate surface area is 111 Å². The maximum atomic E-state index is 10.3. The molecule has 1 aliphatic heterocycles. The topological polar surface area (TPSA) is 58.5 Å². The van der Waals surface area contributed by atoms with Crippen molar-refractivity contribution in [1.29, 1.82) is 0 Å². The first-order valence-electron chi connectivity index (χ1n) is 6.09. The summed E-state index contributed by atoms with van der Waals surface area (Å²) in [6.45, 7) is 1.40. The summed E-state index contributed by atoms with van der Waals surface area (Å²) in [5, 5.41) is 10.8. The summed E-state index contributed by atoms with van der Waals surface area (Å²) in [6, 6.07) is 0. The second-order valence-electron chi connectivity index (χ2n) is 5.07. The quantitative estimate of drug-likeness (QED) is 0.872. The third kappa shape index (κ3) is 1.86. The van der Waals surface area contributed by atoms with Crippen LogP contribution in [0.15, 0.2) is 12.4 Å². The van der Waals surface area contributed by atoms with E-state index in [2.05, 4.69) is 9.97 Å². The van der Waals surface area contributed by atoms with Crippen LogP contribution < -0.4 is 4.90 Å². The summed E-state index contributed by atoms with van der Waals surface area (Å²) in [5.74, 6) is 0.628. The van der Waals surface area contributed by atoms with Crippen LogP contribution >= 0.6 is 11.6 Å². The van der Waals surface area contributed by atoms with Crippen molar-refractivity contribution in [1.82, 2.24) is 9.97 Å². The van der Waals surface area contributed by atoms with Crippen LogP contribution in [0.25, 0.3) is 0 Å². The van der Waals surface area contributed by atoms with Crippen LogP contribution in [0.3, 0.4) is 0 Å². The number of halogens is 1. The average Bonchev–Trinajstić information content (AvgIpc) is 3.09. The first kappa shape index (κ1) is 12.1. The maximum absolute atomic E-state index is 10.3. The SMILES string of the molecule is COC1CC12CCN(c1ncc(Cl)cn1)CC2O. The van der Waals surface area contributed by atoms with Crippen molar-refractivity contribution in [3.05, 3.63) is 17.4 Å². The molecule has 1 aliphatic carbocycles. The Morgan fingerprint density at radius 1 is 1.50 bits per heavy atom. The maximum Gasteiger partial charge on any atom is 0.225 e. The van der Waals surface area contributed by atoms with Crippen LogP contribution in [0, 0.1) is 5.41 Å². The highest BCUT2D eigenvalue weighted by molar-refractivity contribution is 6.30. The molecule has 3 rings (SSSR count). The van der Waals surface area contributed by atoms with E-state index >= 15 is 0 Å². The number of methoxy groups -OCH3 is 1. The minimum absolute atomic E-state index is 0.0301. The molecule has 1 aromatic rings. The average molecular weight is 270 g/mol. The van der Waals surface area contributed by atoms with Gasteiger partial charge < -0.3 is 14.7 Å². The first-order valence-corrected chi connectivity index (χ1v) is 6.47. The van der Waals surface area contributed by atoms with Crippen molar-refractivity contribution < 1.29 is 9.84 Å². The van der Waals surface area contributed by atoms with Gasteiger partial charge in [-0.25, -0.2) is 9.97 Å². The number of nitrogens with zero attached hydrogens (tertiary/aromatic N) is 3. The molecular formula is C12H16ClN3O2. The van der Waals surface area contributed by atoms with Gasteiger partial charge in [-0.2, -0.15) is 0 Å². The fraction of sp³-hybridized carbons (Fsp3) is 0.667. The van der Waals surface area contributed by atoms with Gasteiger partial charge in [-0.1, -0.05) is 11.6 Å². The molecule has 1 spiro atoms. The molecule has 98 valence electrons. The van der Waals surface area contributed by atoms with E-state index in [9.17, 15) is 5.11 Å². The molecule has 18 heavy (non-hydrogen) atoms. The lowest BCUT2D eigenvalue weighted by Gasteiger charge is -2.36. The van der Waals surface area contributed by atoms with Crippen LogP contribution in [0.1, 0.15) is 12.8 Å². The van der Waals surface area contributed by atoms with E-state index in [0.29, 0.717) is 17.5 Å². The van der Waals surface area contributed by atoms with Gasteiger partial charge in [0, 0.05) is 25.6 Å². The number of piperidine rings is 1. The summed E-state index contributed by atoms with van der Waals surface area (Å²) >= 11 is 5.76. The lowest BCUT2D eigenvalue weighted by Crippen LogP contribution is -2.47. The molecule has 3 unspecified atom stereocenters. The molecule has 0 radical (unpaired) electrons. The standard InChI is InChI=1S/C12H16ClN3O2/c1-18-10-4-12(10)2-3-16(7-9(12)17)11-14-5-8(13)6-15-11/h5-6,9-10,17H,2-4,7H2,1H3. The Bertz CT molecular complexity index is 441. The third-order valence-electron chi connectivity index (χ3n) is 4.12. The monoisotopic (exact) mass is 269 g/mol. The molecule has 2 fully saturated rings. The fourth-order valence-electron chi connectivity index (χ4n) is 2.86. The predicted molar refractivity (Wildman–Crippen MR) is 67.7 cm³/mol. The molecule has 2 heterocycles. The second-order valence-corrected chi connectivity index (χ2v) is 5.51. The summed E-state index contributed by atoms with van der Waals surface area (Å²) < 4.78 is 5.35. The number of aliphatic hydroxyl groups is 1. The highest BCUT2D eigenvalue weighted by Gasteiger charge is 2.61. The number of aromatic nitrogens is 2. The number of rotatable bonds is 2. The van der Waals surface area contributed by atoms with Crippen molar-refractivity contribution in [2.75, 3.05) is 25.1 Å². The Morgan fingerprint density at radius 2 is 2.22 bits per heavy atom. The van der Waals surface area contributed by atoms with Crippen LogP contribution in [0.5, 0.6) is 0 Å². The van der Waals surface area contributed by atoms with Crippen molar-refractivity contribution in [3.8, 4) is 0 Å². The van der Waals surface area contributed by atoms with Gasteiger partial charge in [-0.15, -0.1) is 0 Å². The number of anilines is 1. The van der Waals surface area contributed by atoms with Gasteiger partial charge in [0.05, 0.1) is 29.6 Å². The molecule has 0 bridgehead atoms. The highest BCUT2D eigenvalue weighted by atomic mass is 35.5. The highest BCUT2D eigenvalue weighted by Crippen LogP contribution is 2.55. The van der Waals surface area contributed by atoms with Crippen LogP contribution in [0.4, 0.5) is 5.95 Å². The van der Waals surface area contributed by atoms with Crippen molar-refractivity contribution in [2.24, 2.45) is 5.41 Å². The van der Waals surface area contributed by atoms with Gasteiger partial charge in [0.2, 0.25) is 5.95 Å². The molecule has 1 saturated carbocycles. The van der Waals surface area contributed by atoms with Crippen LogP contribution in [-0.4, -0.2) is 47.5 Å². The Hall–Kier alpha value is -0.910. The molecule has 2 aliphatic rings. The van der Waals surface area contributed by atoms with E-state index in [4.69, 9.17) is 16.3 Å². The van der Waals surface area contributed by atoms with Crippen molar-refractivity contribution in [3.63, 3.8) is 0 Å². The normalized spacial score (nSPS) is 34.9. The fourth-order valence-corrected chi connectivity index (χ4v) is 2.96. The third-order valence-corrected chi connectivity index (χ3v) is 4.32. The largest absolute Gasteiger partial charge is 0.391 e. The van der Waals surface area contributed by atoms with E-state index in [1.54, 1.807) is 19.5 Å². The molecule has 1 saturated heterocycles. The molecular weight excluding hydrogens is 254 g/mol. The van der Waals surface area contributed by atoms with E-state index in [1.807, 2.05) is 4.90 Å². The molecule has 0 amide bonds. The minimum atomic E-state index is -0.379. The zero-order valence-corrected chi connectivity index (χ0v) is 11.0. The molecule has 5 nitrogen and oxygen atoms in total. The Balaban J connectivity index is 1.70. The van der Waals surface area contributed by atoms with Gasteiger partial charge in [-0.05, 0) is 12.8 Å². The Kier molecular flexibility index (Phi) is 2.92. The van der Waals surface area contributed by atoms with Crippen molar-refractivity contribution >= 4 is 17.5 Å². The zero-order chi connectivity index (χ0) is 12.8. The number of hydrogen-bond acceptors (Lipinski definition) is 5. The zero-order valence-electron chi connectivity index (χ0n) is 10.2. The van der Waals surface area contributed by atoms with E-state index < -0.39 is 0 Å². The molecule has 3 atom stereocenters. The summed E-state index contributed by atoms with van der Waals surface area (Å²) in [5.41, 5.74) is -0.0301. The van der Waals surface area contributed by atoms with E-state index in [0.717, 1.165) is 19.4 Å². The Morgan fingerprint density at radius 3 is 2.78 bits per heavy atom. The van der Waals surface area contributed by atoms with Gasteiger partial charge >= 0.3 is 0 Å². The number of aliphatic hydroxyl groups excluding tert-OH is 1. The number of β-amino-alcohol motifs (C(OH)–C–C–N with tert-alkyl or cyclic N) is 1.